The first-order chi connectivity index (χ1) is 18.9. The molecule has 1 fully saturated rings. The van der Waals surface area contributed by atoms with Gasteiger partial charge in [-0.2, -0.15) is 0 Å². The first-order valence-corrected chi connectivity index (χ1v) is 14.4. The molecule has 2 heterocycles. The number of nitrogens with zero attached hydrogens (tertiary/aromatic N) is 1. The van der Waals surface area contributed by atoms with Crippen molar-refractivity contribution in [2.45, 2.75) is 36.4 Å². The lowest BCUT2D eigenvalue weighted by Gasteiger charge is -2.36. The van der Waals surface area contributed by atoms with Crippen LogP contribution in [0.3, 0.4) is 0 Å². The second-order valence-corrected chi connectivity index (χ2v) is 11.1. The number of hydrogen-bond acceptors (Lipinski definition) is 7. The predicted molar refractivity (Wildman–Crippen MR) is 147 cm³/mol. The maximum Gasteiger partial charge on any atom is 0.238 e. The fraction of sp³-hybridized carbons (Fsp3) is 0.300. The van der Waals surface area contributed by atoms with Crippen LogP contribution >= 0.6 is 0 Å². The third-order valence-corrected chi connectivity index (χ3v) is 7.97. The Morgan fingerprint density at radius 1 is 0.949 bits per heavy atom. The van der Waals surface area contributed by atoms with Crippen molar-refractivity contribution in [1.29, 1.82) is 0 Å². The molecule has 1 aliphatic heterocycles. The van der Waals surface area contributed by atoms with Crippen molar-refractivity contribution in [3.63, 3.8) is 0 Å². The Kier molecular flexibility index (Phi) is 8.25. The molecule has 9 heteroatoms. The van der Waals surface area contributed by atoms with Crippen LogP contribution in [0.4, 0.5) is 0 Å². The van der Waals surface area contributed by atoms with Crippen LogP contribution < -0.4 is 5.14 Å². The third-order valence-electron chi connectivity index (χ3n) is 7.04. The van der Waals surface area contributed by atoms with Gasteiger partial charge in [-0.15, -0.1) is 0 Å². The van der Waals surface area contributed by atoms with E-state index in [0.717, 1.165) is 29.5 Å². The number of sulfonamides is 1. The quantitative estimate of drug-likeness (QED) is 0.275. The van der Waals surface area contributed by atoms with Gasteiger partial charge in [-0.1, -0.05) is 54.6 Å². The van der Waals surface area contributed by atoms with Crippen molar-refractivity contribution >= 4 is 10.0 Å². The van der Waals surface area contributed by atoms with Gasteiger partial charge in [0.25, 0.3) is 0 Å². The van der Waals surface area contributed by atoms with E-state index in [4.69, 9.17) is 28.8 Å². The van der Waals surface area contributed by atoms with E-state index in [-0.39, 0.29) is 10.5 Å². The summed E-state index contributed by atoms with van der Waals surface area (Å²) < 4.78 is 47.0. The molecule has 1 aromatic heterocycles. The van der Waals surface area contributed by atoms with Crippen LogP contribution in [0.15, 0.2) is 88.2 Å². The minimum Gasteiger partial charge on any atom is -0.440 e. The molecule has 3 aromatic carbocycles. The summed E-state index contributed by atoms with van der Waals surface area (Å²) in [6.07, 6.45) is 2.14. The van der Waals surface area contributed by atoms with Crippen LogP contribution in [0.5, 0.6) is 0 Å². The Balaban J connectivity index is 1.29. The Morgan fingerprint density at radius 3 is 2.38 bits per heavy atom. The lowest BCUT2D eigenvalue weighted by atomic mass is 9.85. The highest BCUT2D eigenvalue weighted by Gasteiger charge is 2.34. The molecular weight excluding hydrogens is 516 g/mol. The molecule has 0 amide bonds. The van der Waals surface area contributed by atoms with E-state index in [9.17, 15) is 8.42 Å². The van der Waals surface area contributed by atoms with Crippen LogP contribution in [0, 0.1) is 0 Å². The van der Waals surface area contributed by atoms with Crippen molar-refractivity contribution in [2.24, 2.45) is 5.14 Å². The number of methoxy groups -OCH3 is 1. The summed E-state index contributed by atoms with van der Waals surface area (Å²) in [5, 5.41) is 5.25. The number of benzene rings is 3. The summed E-state index contributed by atoms with van der Waals surface area (Å²) in [6, 6.07) is 24.3. The van der Waals surface area contributed by atoms with Crippen molar-refractivity contribution < 1.29 is 27.0 Å². The Bertz CT molecular complexity index is 1490. The van der Waals surface area contributed by atoms with E-state index in [1.54, 1.807) is 19.2 Å². The summed E-state index contributed by atoms with van der Waals surface area (Å²) >= 11 is 0. The lowest BCUT2D eigenvalue weighted by Crippen LogP contribution is -2.35. The van der Waals surface area contributed by atoms with Crippen molar-refractivity contribution in [2.75, 3.05) is 26.9 Å². The molecule has 0 bridgehead atoms. The first kappa shape index (κ1) is 27.2. The van der Waals surface area contributed by atoms with Crippen molar-refractivity contribution in [3.8, 4) is 22.6 Å². The molecule has 5 rings (SSSR count). The van der Waals surface area contributed by atoms with Crippen LogP contribution in [-0.2, 0) is 42.9 Å². The smallest absolute Gasteiger partial charge is 0.238 e. The topological polar surface area (TPSA) is 114 Å². The average Bonchev–Trinajstić information content (AvgIpc) is 3.40. The normalized spacial score (nSPS) is 15.3. The molecule has 0 atom stereocenters. The number of nitrogens with two attached hydrogens (primary N) is 1. The van der Waals surface area contributed by atoms with Gasteiger partial charge in [0.15, 0.2) is 11.7 Å². The largest absolute Gasteiger partial charge is 0.440 e. The maximum absolute atomic E-state index is 11.7. The van der Waals surface area contributed by atoms with E-state index >= 15 is 0 Å². The Hall–Kier alpha value is -3.34. The summed E-state index contributed by atoms with van der Waals surface area (Å²) in [5.41, 5.74) is 4.19. The molecule has 39 heavy (non-hydrogen) atoms. The van der Waals surface area contributed by atoms with E-state index in [1.807, 2.05) is 42.5 Å². The van der Waals surface area contributed by atoms with Gasteiger partial charge in [-0.05, 0) is 35.4 Å². The molecule has 1 aliphatic rings. The highest BCUT2D eigenvalue weighted by Crippen LogP contribution is 2.36. The monoisotopic (exact) mass is 548 g/mol. The molecule has 8 nitrogen and oxygen atoms in total. The number of aromatic nitrogens is 1. The van der Waals surface area contributed by atoms with Gasteiger partial charge in [-0.25, -0.2) is 18.5 Å². The van der Waals surface area contributed by atoms with Gasteiger partial charge in [0.05, 0.1) is 23.7 Å². The van der Waals surface area contributed by atoms with Crippen LogP contribution in [0.1, 0.15) is 29.9 Å². The maximum atomic E-state index is 11.7. The van der Waals surface area contributed by atoms with Crippen LogP contribution in [-0.4, -0.2) is 40.3 Å². The van der Waals surface area contributed by atoms with E-state index in [2.05, 4.69) is 12.1 Å². The third kappa shape index (κ3) is 6.29. The molecule has 2 N–H and O–H groups in total. The molecule has 1 saturated heterocycles. The molecule has 204 valence electrons. The van der Waals surface area contributed by atoms with Crippen molar-refractivity contribution in [3.05, 3.63) is 95.9 Å². The second kappa shape index (κ2) is 11.8. The highest BCUT2D eigenvalue weighted by molar-refractivity contribution is 7.89. The average molecular weight is 549 g/mol. The summed E-state index contributed by atoms with van der Waals surface area (Å²) in [5.74, 6) is 1.10. The van der Waals surface area contributed by atoms with Gasteiger partial charge in [0.2, 0.25) is 10.0 Å². The minimum atomic E-state index is -3.79. The summed E-state index contributed by atoms with van der Waals surface area (Å²) in [4.78, 5) is 4.79. The lowest BCUT2D eigenvalue weighted by molar-refractivity contribution is -0.0948. The number of ether oxygens (including phenoxy) is 3. The Morgan fingerprint density at radius 2 is 1.69 bits per heavy atom. The van der Waals surface area contributed by atoms with Gasteiger partial charge < -0.3 is 18.6 Å². The molecule has 0 radical (unpaired) electrons. The molecule has 4 aromatic rings. The van der Waals surface area contributed by atoms with Crippen molar-refractivity contribution in [1.82, 2.24) is 4.98 Å². The molecular formula is C30H32N2O6S. The van der Waals surface area contributed by atoms with Crippen LogP contribution in [0.25, 0.3) is 22.6 Å². The highest BCUT2D eigenvalue weighted by atomic mass is 32.2. The second-order valence-electron chi connectivity index (χ2n) is 9.53. The number of primary sulfonamides is 1. The summed E-state index contributed by atoms with van der Waals surface area (Å²) in [7, 11) is -2.03. The molecule has 0 saturated carbocycles. The van der Waals surface area contributed by atoms with E-state index in [0.29, 0.717) is 55.8 Å². The first-order valence-electron chi connectivity index (χ1n) is 12.9. The van der Waals surface area contributed by atoms with Gasteiger partial charge in [-0.3, -0.25) is 0 Å². The zero-order valence-corrected chi connectivity index (χ0v) is 22.7. The minimum absolute atomic E-state index is 0.0398. The van der Waals surface area contributed by atoms with Gasteiger partial charge in [0.1, 0.15) is 5.69 Å². The van der Waals surface area contributed by atoms with E-state index < -0.39 is 10.0 Å². The number of rotatable bonds is 10. The fourth-order valence-electron chi connectivity index (χ4n) is 4.86. The van der Waals surface area contributed by atoms with Gasteiger partial charge in [0, 0.05) is 50.7 Å². The molecule has 0 aliphatic carbocycles. The predicted octanol–water partition coefficient (Wildman–Crippen LogP) is 5.07. The van der Waals surface area contributed by atoms with Gasteiger partial charge >= 0.3 is 0 Å². The zero-order chi connectivity index (χ0) is 27.3. The summed E-state index contributed by atoms with van der Waals surface area (Å²) in [6.45, 7) is 2.26. The Labute approximate surface area is 228 Å². The molecule has 0 unspecified atom stereocenters. The fourth-order valence-corrected chi connectivity index (χ4v) is 5.38. The van der Waals surface area contributed by atoms with E-state index in [1.165, 1.54) is 12.1 Å². The molecule has 0 spiro atoms. The SMILES string of the molecule is COC1(c2cccc(COCCc3nc(-c4ccccc4)c(-c4ccc(S(N)(=O)=O)cc4)o3)c2)CCOCC1. The number of oxazole rings is 1. The zero-order valence-electron chi connectivity index (χ0n) is 21.8. The number of hydrogen-bond donors (Lipinski definition) is 1. The van der Waals surface area contributed by atoms with Crippen LogP contribution in [0.2, 0.25) is 0 Å². The standard InChI is InChI=1S/C30H32N2O6S/c1-35-30(15-18-36-19-16-30)25-9-5-6-22(20-25)21-37-17-14-27-32-28(23-7-3-2-4-8-23)29(38-27)24-10-12-26(13-11-24)39(31,33)34/h2-13,20H,14-19,21H2,1H3,(H2,31,33,34).